The summed E-state index contributed by atoms with van der Waals surface area (Å²) in [6, 6.07) is 4.76. The fourth-order valence-corrected chi connectivity index (χ4v) is 3.65. The monoisotopic (exact) mass is 421 g/mol. The highest BCUT2D eigenvalue weighted by Gasteiger charge is 2.23. The number of methoxy groups -OCH3 is 2. The Kier molecular flexibility index (Phi) is 7.60. The normalized spacial score (nSPS) is 10.2. The fourth-order valence-electron chi connectivity index (χ4n) is 2.58. The number of nitrogens with one attached hydrogen (secondary N) is 1. The van der Waals surface area contributed by atoms with Crippen LogP contribution in [0.1, 0.15) is 38.1 Å². The third-order valence-corrected chi connectivity index (χ3v) is 5.20. The van der Waals surface area contributed by atoms with E-state index >= 15 is 0 Å². The number of benzene rings is 1. The molecule has 0 saturated carbocycles. The second-order valence-electron chi connectivity index (χ2n) is 5.87. The van der Waals surface area contributed by atoms with E-state index in [0.717, 1.165) is 10.4 Å². The minimum Gasteiger partial charge on any atom is -0.493 e. The van der Waals surface area contributed by atoms with Crippen LogP contribution in [0.4, 0.5) is 5.00 Å². The Morgan fingerprint density at radius 3 is 2.38 bits per heavy atom. The topological polar surface area (TPSA) is 100 Å². The summed E-state index contributed by atoms with van der Waals surface area (Å²) in [4.78, 5) is 37.7. The fraction of sp³-hybridized carbons (Fsp3) is 0.350. The van der Waals surface area contributed by atoms with Crippen LogP contribution in [0.3, 0.4) is 0 Å². The number of amides is 1. The van der Waals surface area contributed by atoms with Gasteiger partial charge in [0.25, 0.3) is 5.91 Å². The summed E-state index contributed by atoms with van der Waals surface area (Å²) in [5, 5.41) is 2.97. The average Bonchev–Trinajstić information content (AvgIpc) is 2.98. The molecule has 0 bridgehead atoms. The van der Waals surface area contributed by atoms with Gasteiger partial charge in [-0.25, -0.2) is 9.59 Å². The number of aryl methyl sites for hydroxylation is 1. The lowest BCUT2D eigenvalue weighted by Gasteiger charge is -2.12. The van der Waals surface area contributed by atoms with E-state index < -0.39 is 24.5 Å². The Bertz CT molecular complexity index is 920. The number of anilines is 1. The number of carbonyl (C=O) groups excluding carboxylic acids is 3. The maximum Gasteiger partial charge on any atom is 0.342 e. The second kappa shape index (κ2) is 9.92. The van der Waals surface area contributed by atoms with E-state index in [4.69, 9.17) is 18.9 Å². The van der Waals surface area contributed by atoms with E-state index in [1.165, 1.54) is 31.6 Å². The number of rotatable bonds is 8. The van der Waals surface area contributed by atoms with Gasteiger partial charge in [0, 0.05) is 4.88 Å². The SMILES string of the molecule is CCOC(=O)c1c(NC(=O)COC(=O)c2cccc(OC)c2OC)sc(C)c1C. The number of hydrogen-bond acceptors (Lipinski definition) is 8. The summed E-state index contributed by atoms with van der Waals surface area (Å²) in [6.07, 6.45) is 0. The first-order chi connectivity index (χ1) is 13.8. The quantitative estimate of drug-likeness (QED) is 0.652. The molecule has 8 nitrogen and oxygen atoms in total. The standard InChI is InChI=1S/C20H23NO7S/c1-6-27-20(24)16-11(2)12(3)29-18(16)21-15(22)10-28-19(23)13-8-7-9-14(25-4)17(13)26-5/h7-9H,6,10H2,1-5H3,(H,21,22). The molecule has 0 radical (unpaired) electrons. The van der Waals surface area contributed by atoms with Gasteiger partial charge in [-0.2, -0.15) is 0 Å². The van der Waals surface area contributed by atoms with Crippen molar-refractivity contribution in [1.82, 2.24) is 0 Å². The molecule has 2 rings (SSSR count). The van der Waals surface area contributed by atoms with Gasteiger partial charge in [0.05, 0.1) is 26.4 Å². The van der Waals surface area contributed by atoms with E-state index in [0.29, 0.717) is 16.3 Å². The van der Waals surface area contributed by atoms with Crippen LogP contribution in [0, 0.1) is 13.8 Å². The van der Waals surface area contributed by atoms with E-state index in [9.17, 15) is 14.4 Å². The van der Waals surface area contributed by atoms with E-state index in [2.05, 4.69) is 5.32 Å². The van der Waals surface area contributed by atoms with Crippen LogP contribution in [-0.4, -0.2) is 45.3 Å². The Labute approximate surface area is 172 Å². The average molecular weight is 421 g/mol. The van der Waals surface area contributed by atoms with Gasteiger partial charge in [-0.1, -0.05) is 6.07 Å². The van der Waals surface area contributed by atoms with Crippen molar-refractivity contribution in [1.29, 1.82) is 0 Å². The molecule has 156 valence electrons. The molecule has 1 aromatic carbocycles. The molecular formula is C20H23NO7S. The number of thiophene rings is 1. The third-order valence-electron chi connectivity index (χ3n) is 4.08. The van der Waals surface area contributed by atoms with Crippen LogP contribution in [0.5, 0.6) is 11.5 Å². The molecule has 1 amide bonds. The first kappa shape index (κ1) is 22.2. The zero-order chi connectivity index (χ0) is 21.6. The Morgan fingerprint density at radius 2 is 1.76 bits per heavy atom. The third kappa shape index (κ3) is 5.05. The highest BCUT2D eigenvalue weighted by molar-refractivity contribution is 7.16. The van der Waals surface area contributed by atoms with Crippen molar-refractivity contribution in [2.75, 3.05) is 32.8 Å². The summed E-state index contributed by atoms with van der Waals surface area (Å²) in [5.41, 5.74) is 1.18. The highest BCUT2D eigenvalue weighted by Crippen LogP contribution is 2.33. The molecule has 1 aromatic heterocycles. The maximum atomic E-state index is 12.4. The van der Waals surface area contributed by atoms with Crippen molar-refractivity contribution >= 4 is 34.2 Å². The molecule has 0 aliphatic heterocycles. The number of hydrogen-bond donors (Lipinski definition) is 1. The number of para-hydroxylation sites is 1. The summed E-state index contributed by atoms with van der Waals surface area (Å²) in [7, 11) is 2.85. The first-order valence-corrected chi connectivity index (χ1v) is 9.60. The molecule has 0 aliphatic carbocycles. The van der Waals surface area contributed by atoms with Gasteiger partial charge >= 0.3 is 11.9 Å². The van der Waals surface area contributed by atoms with E-state index in [-0.39, 0.29) is 17.9 Å². The lowest BCUT2D eigenvalue weighted by atomic mass is 10.1. The van der Waals surface area contributed by atoms with E-state index in [1.807, 2.05) is 6.92 Å². The highest BCUT2D eigenvalue weighted by atomic mass is 32.1. The van der Waals surface area contributed by atoms with Crippen molar-refractivity contribution in [3.8, 4) is 11.5 Å². The summed E-state index contributed by atoms with van der Waals surface area (Å²) in [5.74, 6) is -1.24. The first-order valence-electron chi connectivity index (χ1n) is 8.79. The minimum atomic E-state index is -0.736. The molecule has 9 heteroatoms. The van der Waals surface area contributed by atoms with Crippen molar-refractivity contribution < 1.29 is 33.3 Å². The van der Waals surface area contributed by atoms with Crippen LogP contribution in [0.15, 0.2) is 18.2 Å². The zero-order valence-electron chi connectivity index (χ0n) is 16.9. The molecule has 2 aromatic rings. The predicted octanol–water partition coefficient (Wildman–Crippen LogP) is 3.35. The van der Waals surface area contributed by atoms with Crippen molar-refractivity contribution in [2.45, 2.75) is 20.8 Å². The van der Waals surface area contributed by atoms with Crippen LogP contribution in [-0.2, 0) is 14.3 Å². The van der Waals surface area contributed by atoms with Crippen LogP contribution in [0.2, 0.25) is 0 Å². The summed E-state index contributed by atoms with van der Waals surface area (Å²) >= 11 is 1.26. The number of carbonyl (C=O) groups is 3. The molecule has 1 heterocycles. The molecule has 0 unspecified atom stereocenters. The van der Waals surface area contributed by atoms with Crippen LogP contribution >= 0.6 is 11.3 Å². The predicted molar refractivity (Wildman–Crippen MR) is 108 cm³/mol. The van der Waals surface area contributed by atoms with E-state index in [1.54, 1.807) is 26.0 Å². The molecule has 0 fully saturated rings. The lowest BCUT2D eigenvalue weighted by molar-refractivity contribution is -0.119. The van der Waals surface area contributed by atoms with Crippen LogP contribution in [0.25, 0.3) is 0 Å². The van der Waals surface area contributed by atoms with Crippen LogP contribution < -0.4 is 14.8 Å². The maximum absolute atomic E-state index is 12.4. The Balaban J connectivity index is 2.09. The molecule has 0 spiro atoms. The van der Waals surface area contributed by atoms with Gasteiger partial charge in [-0.15, -0.1) is 11.3 Å². The number of esters is 2. The molecule has 29 heavy (non-hydrogen) atoms. The van der Waals surface area contributed by atoms with Gasteiger partial charge < -0.3 is 24.3 Å². The minimum absolute atomic E-state index is 0.134. The zero-order valence-corrected chi connectivity index (χ0v) is 17.7. The smallest absolute Gasteiger partial charge is 0.342 e. The van der Waals surface area contributed by atoms with Crippen molar-refractivity contribution in [3.05, 3.63) is 39.8 Å². The summed E-state index contributed by atoms with van der Waals surface area (Å²) < 4.78 is 20.5. The number of ether oxygens (including phenoxy) is 4. The van der Waals surface area contributed by atoms with Gasteiger partial charge in [-0.05, 0) is 38.5 Å². The van der Waals surface area contributed by atoms with Crippen molar-refractivity contribution in [3.63, 3.8) is 0 Å². The molecular weight excluding hydrogens is 398 g/mol. The molecule has 0 aliphatic rings. The van der Waals surface area contributed by atoms with Gasteiger partial charge in [0.1, 0.15) is 10.6 Å². The van der Waals surface area contributed by atoms with Gasteiger partial charge in [0.15, 0.2) is 18.1 Å². The van der Waals surface area contributed by atoms with Gasteiger partial charge in [-0.3, -0.25) is 4.79 Å². The molecule has 0 atom stereocenters. The largest absolute Gasteiger partial charge is 0.493 e. The van der Waals surface area contributed by atoms with Crippen molar-refractivity contribution in [2.24, 2.45) is 0 Å². The summed E-state index contributed by atoms with van der Waals surface area (Å²) in [6.45, 7) is 5.02. The Hall–Kier alpha value is -3.07. The second-order valence-corrected chi connectivity index (χ2v) is 7.10. The Morgan fingerprint density at radius 1 is 1.03 bits per heavy atom. The van der Waals surface area contributed by atoms with Gasteiger partial charge in [0.2, 0.25) is 0 Å². The molecule has 0 saturated heterocycles. The lowest BCUT2D eigenvalue weighted by Crippen LogP contribution is -2.22. The molecule has 1 N–H and O–H groups in total.